The summed E-state index contributed by atoms with van der Waals surface area (Å²) >= 11 is 5.78. The molecule has 3 rings (SSSR count). The number of sulfonamides is 1. The molecule has 9 heteroatoms. The van der Waals surface area contributed by atoms with Crippen LogP contribution in [0.4, 0.5) is 0 Å². The van der Waals surface area contributed by atoms with Crippen LogP contribution in [0.5, 0.6) is 5.75 Å². The van der Waals surface area contributed by atoms with Crippen molar-refractivity contribution < 1.29 is 17.9 Å². The Bertz CT molecular complexity index is 1120. The topological polar surface area (TPSA) is 97.4 Å². The van der Waals surface area contributed by atoms with Crippen LogP contribution in [-0.4, -0.2) is 38.5 Å². The number of rotatable bonds is 9. The van der Waals surface area contributed by atoms with Crippen LogP contribution in [0.3, 0.4) is 0 Å². The highest BCUT2D eigenvalue weighted by atomic mass is 35.5. The summed E-state index contributed by atoms with van der Waals surface area (Å²) in [6.45, 7) is 2.23. The minimum Gasteiger partial charge on any atom is -0.491 e. The second-order valence-corrected chi connectivity index (χ2v) is 8.77. The molecule has 0 saturated heterocycles. The van der Waals surface area contributed by atoms with E-state index in [0.29, 0.717) is 30.3 Å². The molecule has 2 N–H and O–H groups in total. The molecule has 1 atom stereocenters. The number of fused-ring (bicyclic) bond motifs is 1. The summed E-state index contributed by atoms with van der Waals surface area (Å²) in [5, 5.41) is 4.13. The Balaban J connectivity index is 1.44. The van der Waals surface area contributed by atoms with Gasteiger partial charge in [0.25, 0.3) is 0 Å². The highest BCUT2D eigenvalue weighted by Crippen LogP contribution is 2.22. The molecule has 0 unspecified atom stereocenters. The van der Waals surface area contributed by atoms with Crippen molar-refractivity contribution >= 4 is 38.4 Å². The summed E-state index contributed by atoms with van der Waals surface area (Å²) in [5.74, 6) is 0.267. The van der Waals surface area contributed by atoms with Crippen LogP contribution < -0.4 is 14.8 Å². The lowest BCUT2D eigenvalue weighted by Crippen LogP contribution is -2.45. The molecule has 3 aromatic rings. The van der Waals surface area contributed by atoms with Gasteiger partial charge in [-0.2, -0.15) is 4.72 Å². The lowest BCUT2D eigenvalue weighted by Gasteiger charge is -2.15. The molecule has 0 aliphatic carbocycles. The Labute approximate surface area is 180 Å². The molecule has 0 fully saturated rings. The zero-order valence-electron chi connectivity index (χ0n) is 16.3. The van der Waals surface area contributed by atoms with E-state index in [4.69, 9.17) is 16.3 Å². The second-order valence-electron chi connectivity index (χ2n) is 6.62. The summed E-state index contributed by atoms with van der Waals surface area (Å²) in [4.78, 5) is 16.6. The molecule has 7 nitrogen and oxygen atoms in total. The number of carbonyl (C=O) groups excluding carboxylic acids is 1. The Morgan fingerprint density at radius 2 is 1.87 bits per heavy atom. The van der Waals surface area contributed by atoms with Gasteiger partial charge in [0.15, 0.2) is 0 Å². The van der Waals surface area contributed by atoms with E-state index in [-0.39, 0.29) is 4.90 Å². The number of halogens is 1. The number of carbonyl (C=O) groups is 1. The maximum absolute atomic E-state index is 12.3. The maximum atomic E-state index is 12.3. The van der Waals surface area contributed by atoms with Crippen LogP contribution in [0.1, 0.15) is 13.3 Å². The van der Waals surface area contributed by atoms with Gasteiger partial charge in [-0.05, 0) is 49.7 Å². The van der Waals surface area contributed by atoms with Gasteiger partial charge < -0.3 is 10.1 Å². The Morgan fingerprint density at radius 3 is 2.63 bits per heavy atom. The van der Waals surface area contributed by atoms with Crippen molar-refractivity contribution in [3.63, 3.8) is 0 Å². The first-order valence-electron chi connectivity index (χ1n) is 9.39. The van der Waals surface area contributed by atoms with Crippen LogP contribution in [-0.2, 0) is 14.8 Å². The molecule has 0 saturated carbocycles. The molecular formula is C21H22ClN3O4S. The fraction of sp³-hybridized carbons (Fsp3) is 0.238. The van der Waals surface area contributed by atoms with Crippen LogP contribution in [0.25, 0.3) is 10.9 Å². The van der Waals surface area contributed by atoms with E-state index in [2.05, 4.69) is 15.0 Å². The van der Waals surface area contributed by atoms with Gasteiger partial charge in [-0.3, -0.25) is 9.78 Å². The van der Waals surface area contributed by atoms with Crippen LogP contribution in [0, 0.1) is 0 Å². The van der Waals surface area contributed by atoms with E-state index in [0.717, 1.165) is 10.9 Å². The largest absolute Gasteiger partial charge is 0.491 e. The monoisotopic (exact) mass is 447 g/mol. The van der Waals surface area contributed by atoms with Gasteiger partial charge in [0.1, 0.15) is 11.3 Å². The van der Waals surface area contributed by atoms with Crippen molar-refractivity contribution in [2.45, 2.75) is 24.3 Å². The van der Waals surface area contributed by atoms with Crippen molar-refractivity contribution in [3.05, 3.63) is 65.8 Å². The Hall–Kier alpha value is -2.68. The van der Waals surface area contributed by atoms with Crippen LogP contribution in [0.2, 0.25) is 5.02 Å². The van der Waals surface area contributed by atoms with Gasteiger partial charge in [0, 0.05) is 23.2 Å². The third-order valence-corrected chi connectivity index (χ3v) is 6.13. The van der Waals surface area contributed by atoms with Crippen LogP contribution in [0.15, 0.2) is 65.7 Å². The molecule has 0 aliphatic heterocycles. The number of pyridine rings is 1. The zero-order chi connectivity index (χ0) is 21.6. The van der Waals surface area contributed by atoms with E-state index in [9.17, 15) is 13.2 Å². The highest BCUT2D eigenvalue weighted by molar-refractivity contribution is 7.89. The van der Waals surface area contributed by atoms with Gasteiger partial charge in [-0.1, -0.05) is 29.8 Å². The fourth-order valence-electron chi connectivity index (χ4n) is 2.78. The fourth-order valence-corrected chi connectivity index (χ4v) is 4.11. The molecule has 0 spiro atoms. The van der Waals surface area contributed by atoms with Crippen molar-refractivity contribution in [2.75, 3.05) is 13.2 Å². The number of aromatic nitrogens is 1. The number of para-hydroxylation sites is 1. The minimum absolute atomic E-state index is 0.0450. The van der Waals surface area contributed by atoms with Gasteiger partial charge in [0.2, 0.25) is 15.9 Å². The number of hydrogen-bond acceptors (Lipinski definition) is 5. The predicted octanol–water partition coefficient (Wildman–Crippen LogP) is 3.14. The van der Waals surface area contributed by atoms with Gasteiger partial charge >= 0.3 is 0 Å². The molecule has 0 aliphatic rings. The molecule has 158 valence electrons. The average Bonchev–Trinajstić information content (AvgIpc) is 2.73. The second kappa shape index (κ2) is 9.88. The highest BCUT2D eigenvalue weighted by Gasteiger charge is 2.21. The molecule has 2 aromatic carbocycles. The molecule has 1 amide bonds. The first-order valence-corrected chi connectivity index (χ1v) is 11.2. The predicted molar refractivity (Wildman–Crippen MR) is 116 cm³/mol. The summed E-state index contributed by atoms with van der Waals surface area (Å²) in [7, 11) is -3.81. The molecule has 0 radical (unpaired) electrons. The van der Waals surface area contributed by atoms with Crippen molar-refractivity contribution in [1.82, 2.24) is 15.0 Å². The summed E-state index contributed by atoms with van der Waals surface area (Å²) in [5.41, 5.74) is 0.786. The first kappa shape index (κ1) is 22.0. The third kappa shape index (κ3) is 5.69. The van der Waals surface area contributed by atoms with Crippen LogP contribution >= 0.6 is 11.6 Å². The van der Waals surface area contributed by atoms with Gasteiger partial charge in [-0.25, -0.2) is 8.42 Å². The lowest BCUT2D eigenvalue weighted by molar-refractivity contribution is -0.122. The molecule has 0 bridgehead atoms. The quantitative estimate of drug-likeness (QED) is 0.491. The summed E-state index contributed by atoms with van der Waals surface area (Å²) < 4.78 is 32.8. The summed E-state index contributed by atoms with van der Waals surface area (Å²) in [6, 6.07) is 14.3. The smallest absolute Gasteiger partial charge is 0.241 e. The van der Waals surface area contributed by atoms with E-state index in [1.807, 2.05) is 30.3 Å². The molecule has 30 heavy (non-hydrogen) atoms. The number of hydrogen-bond donors (Lipinski definition) is 2. The number of nitrogens with one attached hydrogen (secondary N) is 2. The Morgan fingerprint density at radius 1 is 1.13 bits per heavy atom. The van der Waals surface area contributed by atoms with E-state index >= 15 is 0 Å². The third-order valence-electron chi connectivity index (χ3n) is 4.32. The number of benzene rings is 2. The van der Waals surface area contributed by atoms with E-state index in [1.165, 1.54) is 31.2 Å². The molecular weight excluding hydrogens is 426 g/mol. The van der Waals surface area contributed by atoms with Gasteiger partial charge in [-0.15, -0.1) is 0 Å². The van der Waals surface area contributed by atoms with Crippen molar-refractivity contribution in [3.8, 4) is 5.75 Å². The first-order chi connectivity index (χ1) is 14.4. The molecule has 1 heterocycles. The van der Waals surface area contributed by atoms with Crippen molar-refractivity contribution in [1.29, 1.82) is 0 Å². The standard InChI is InChI=1S/C21H22ClN3O4S/c1-15(25-30(27,28)18-10-8-17(22)9-11-18)21(26)24-13-4-14-29-19-7-2-5-16-6-3-12-23-20(16)19/h2-3,5-12,15,25H,4,13-14H2,1H3,(H,24,26)/t15-/m0/s1. The number of nitrogens with zero attached hydrogens (tertiary/aromatic N) is 1. The Kier molecular flexibility index (Phi) is 7.25. The normalized spacial score (nSPS) is 12.5. The lowest BCUT2D eigenvalue weighted by atomic mass is 10.2. The number of ether oxygens (including phenoxy) is 1. The average molecular weight is 448 g/mol. The van der Waals surface area contributed by atoms with E-state index in [1.54, 1.807) is 6.20 Å². The maximum Gasteiger partial charge on any atom is 0.241 e. The summed E-state index contributed by atoms with van der Waals surface area (Å²) in [6.07, 6.45) is 2.27. The molecule has 1 aromatic heterocycles. The van der Waals surface area contributed by atoms with E-state index < -0.39 is 22.0 Å². The number of amides is 1. The van der Waals surface area contributed by atoms with Crippen molar-refractivity contribution in [2.24, 2.45) is 0 Å². The minimum atomic E-state index is -3.81. The zero-order valence-corrected chi connectivity index (χ0v) is 17.9. The SMILES string of the molecule is C[C@H](NS(=O)(=O)c1ccc(Cl)cc1)C(=O)NCCCOc1cccc2cccnc12. The van der Waals surface area contributed by atoms with Gasteiger partial charge in [0.05, 0.1) is 17.5 Å².